The Hall–Kier alpha value is -3.22. The van der Waals surface area contributed by atoms with Crippen LogP contribution in [0.3, 0.4) is 0 Å². The molecule has 0 N–H and O–H groups in total. The third kappa shape index (κ3) is 4.63. The van der Waals surface area contributed by atoms with Crippen molar-refractivity contribution in [1.82, 2.24) is 19.7 Å². The van der Waals surface area contributed by atoms with E-state index in [1.807, 2.05) is 61.5 Å². The van der Waals surface area contributed by atoms with Gasteiger partial charge in [0.2, 0.25) is 0 Å². The molecule has 7 heteroatoms. The molecule has 2 aromatic heterocycles. The summed E-state index contributed by atoms with van der Waals surface area (Å²) in [6.07, 6.45) is 2.15. The number of hydrogen-bond acceptors (Lipinski definition) is 5. The third-order valence-electron chi connectivity index (χ3n) is 6.31. The first kappa shape index (κ1) is 21.6. The highest BCUT2D eigenvalue weighted by Gasteiger charge is 2.20. The number of carbonyl (C=O) groups excluding carboxylic acids is 1. The van der Waals surface area contributed by atoms with Crippen molar-refractivity contribution >= 4 is 34.0 Å². The number of pyridine rings is 1. The number of hydrogen-bond donors (Lipinski definition) is 0. The molecule has 0 bridgehead atoms. The molecule has 0 radical (unpaired) electrons. The molecular formula is C26H26ClN5O. The Bertz CT molecular complexity index is 1290. The van der Waals surface area contributed by atoms with Crippen molar-refractivity contribution in [3.8, 4) is 5.82 Å². The highest BCUT2D eigenvalue weighted by atomic mass is 35.5. The lowest BCUT2D eigenvalue weighted by molar-refractivity contribution is 0.0962. The number of ketones is 1. The number of fused-ring (bicyclic) bond motifs is 1. The van der Waals surface area contributed by atoms with Gasteiger partial charge in [0.1, 0.15) is 0 Å². The van der Waals surface area contributed by atoms with Crippen molar-refractivity contribution in [3.63, 3.8) is 0 Å². The average molecular weight is 460 g/mol. The van der Waals surface area contributed by atoms with Gasteiger partial charge < -0.3 is 4.90 Å². The van der Waals surface area contributed by atoms with Crippen LogP contribution in [-0.4, -0.2) is 58.2 Å². The Morgan fingerprint density at radius 3 is 2.64 bits per heavy atom. The number of Topliss-reactive ketones (excluding diaryl/α,β-unsaturated/α-hetero) is 1. The largest absolute Gasteiger partial charge is 0.369 e. The molecule has 3 heterocycles. The number of piperazine rings is 1. The normalized spacial score (nSPS) is 14.7. The maximum atomic E-state index is 13.0. The van der Waals surface area contributed by atoms with Gasteiger partial charge in [0.15, 0.2) is 11.6 Å². The van der Waals surface area contributed by atoms with Gasteiger partial charge in [-0.1, -0.05) is 35.9 Å². The monoisotopic (exact) mass is 459 g/mol. The molecule has 6 nitrogen and oxygen atoms in total. The summed E-state index contributed by atoms with van der Waals surface area (Å²) in [7, 11) is 0. The maximum Gasteiger partial charge on any atom is 0.167 e. The first-order valence-corrected chi connectivity index (χ1v) is 11.6. The summed E-state index contributed by atoms with van der Waals surface area (Å²) in [5, 5.41) is 6.30. The van der Waals surface area contributed by atoms with Crippen LogP contribution in [-0.2, 0) is 0 Å². The Morgan fingerprint density at radius 1 is 1.00 bits per heavy atom. The van der Waals surface area contributed by atoms with Crippen molar-refractivity contribution in [2.24, 2.45) is 0 Å². The molecule has 0 saturated carbocycles. The van der Waals surface area contributed by atoms with E-state index in [1.54, 1.807) is 10.9 Å². The second-order valence-corrected chi connectivity index (χ2v) is 8.84. The molecule has 4 aromatic rings. The number of benzene rings is 2. The van der Waals surface area contributed by atoms with Gasteiger partial charge in [0.25, 0.3) is 0 Å². The molecule has 0 unspecified atom stereocenters. The zero-order valence-electron chi connectivity index (χ0n) is 18.6. The highest BCUT2D eigenvalue weighted by molar-refractivity contribution is 6.30. The third-order valence-corrected chi connectivity index (χ3v) is 6.55. The van der Waals surface area contributed by atoms with E-state index in [4.69, 9.17) is 16.6 Å². The number of halogens is 1. The summed E-state index contributed by atoms with van der Waals surface area (Å²) in [6.45, 7) is 6.40. The lowest BCUT2D eigenvalue weighted by Gasteiger charge is -2.36. The number of para-hydroxylation sites is 1. The molecule has 0 spiro atoms. The van der Waals surface area contributed by atoms with Gasteiger partial charge in [-0.3, -0.25) is 9.69 Å². The molecule has 1 aliphatic rings. The summed E-state index contributed by atoms with van der Waals surface area (Å²) in [5.41, 5.74) is 3.56. The van der Waals surface area contributed by atoms with Crippen molar-refractivity contribution in [3.05, 3.63) is 83.1 Å². The molecule has 1 fully saturated rings. The van der Waals surface area contributed by atoms with Crippen LogP contribution in [0.5, 0.6) is 0 Å². The van der Waals surface area contributed by atoms with Crippen LogP contribution in [0.25, 0.3) is 16.7 Å². The topological polar surface area (TPSA) is 54.3 Å². The quantitative estimate of drug-likeness (QED) is 0.388. The maximum absolute atomic E-state index is 13.0. The van der Waals surface area contributed by atoms with Crippen LogP contribution in [0.1, 0.15) is 22.5 Å². The summed E-state index contributed by atoms with van der Waals surface area (Å²) in [5.74, 6) is 0.846. The molecule has 168 valence electrons. The SMILES string of the molecule is Cc1c(C(=O)CCN2CCN(c3cccc(Cl)c3)CC2)cnn1-c1ccc2ccccc2n1. The van der Waals surface area contributed by atoms with Crippen molar-refractivity contribution in [2.75, 3.05) is 37.6 Å². The Kier molecular flexibility index (Phi) is 6.11. The van der Waals surface area contributed by atoms with E-state index in [9.17, 15) is 4.79 Å². The molecule has 2 aromatic carbocycles. The lowest BCUT2D eigenvalue weighted by Crippen LogP contribution is -2.46. The van der Waals surface area contributed by atoms with E-state index >= 15 is 0 Å². The summed E-state index contributed by atoms with van der Waals surface area (Å²) >= 11 is 6.13. The van der Waals surface area contributed by atoms with Crippen LogP contribution in [0.15, 0.2) is 66.9 Å². The van der Waals surface area contributed by atoms with Gasteiger partial charge >= 0.3 is 0 Å². The molecule has 0 atom stereocenters. The zero-order chi connectivity index (χ0) is 22.8. The predicted octanol–water partition coefficient (Wildman–Crippen LogP) is 4.78. The Morgan fingerprint density at radius 2 is 1.82 bits per heavy atom. The average Bonchev–Trinajstić information content (AvgIpc) is 3.24. The molecular weight excluding hydrogens is 434 g/mol. The molecule has 5 rings (SSSR count). The first-order chi connectivity index (χ1) is 16.1. The van der Waals surface area contributed by atoms with Gasteiger partial charge in [0.05, 0.1) is 23.0 Å². The Balaban J connectivity index is 1.20. The smallest absolute Gasteiger partial charge is 0.167 e. The predicted molar refractivity (Wildman–Crippen MR) is 133 cm³/mol. The highest BCUT2D eigenvalue weighted by Crippen LogP contribution is 2.21. The zero-order valence-corrected chi connectivity index (χ0v) is 19.4. The number of nitrogens with zero attached hydrogens (tertiary/aromatic N) is 5. The van der Waals surface area contributed by atoms with E-state index in [0.717, 1.165) is 65.8 Å². The lowest BCUT2D eigenvalue weighted by atomic mass is 10.1. The van der Waals surface area contributed by atoms with Crippen LogP contribution in [0.4, 0.5) is 5.69 Å². The molecule has 1 aliphatic heterocycles. The van der Waals surface area contributed by atoms with Crippen LogP contribution in [0, 0.1) is 6.92 Å². The minimum Gasteiger partial charge on any atom is -0.369 e. The van der Waals surface area contributed by atoms with Gasteiger partial charge in [-0.25, -0.2) is 9.67 Å². The number of carbonyl (C=O) groups is 1. The summed E-state index contributed by atoms with van der Waals surface area (Å²) in [6, 6.07) is 19.9. The second kappa shape index (κ2) is 9.33. The van der Waals surface area contributed by atoms with Crippen LogP contribution in [0.2, 0.25) is 5.02 Å². The van der Waals surface area contributed by atoms with E-state index in [0.29, 0.717) is 12.0 Å². The fraction of sp³-hybridized carbons (Fsp3) is 0.269. The van der Waals surface area contributed by atoms with E-state index in [-0.39, 0.29) is 5.78 Å². The number of anilines is 1. The van der Waals surface area contributed by atoms with Crippen LogP contribution < -0.4 is 4.90 Å². The van der Waals surface area contributed by atoms with Crippen LogP contribution >= 0.6 is 11.6 Å². The number of aromatic nitrogens is 3. The minimum atomic E-state index is 0.122. The molecule has 33 heavy (non-hydrogen) atoms. The second-order valence-electron chi connectivity index (χ2n) is 8.40. The molecule has 0 amide bonds. The Labute approximate surface area is 198 Å². The molecule has 0 aliphatic carbocycles. The summed E-state index contributed by atoms with van der Waals surface area (Å²) < 4.78 is 1.75. The van der Waals surface area contributed by atoms with Crippen molar-refractivity contribution < 1.29 is 4.79 Å². The standard InChI is InChI=1S/C26H26ClN5O/c1-19-23(18-28-32(19)26-10-9-20-5-2-3-8-24(20)29-26)25(33)11-12-30-13-15-31(16-14-30)22-7-4-6-21(27)17-22/h2-10,17-18H,11-16H2,1H3. The van der Waals surface area contributed by atoms with Gasteiger partial charge in [0, 0.05) is 55.2 Å². The van der Waals surface area contributed by atoms with Crippen molar-refractivity contribution in [1.29, 1.82) is 0 Å². The molecule has 1 saturated heterocycles. The van der Waals surface area contributed by atoms with Crippen molar-refractivity contribution in [2.45, 2.75) is 13.3 Å². The fourth-order valence-electron chi connectivity index (χ4n) is 4.38. The number of rotatable bonds is 6. The van der Waals surface area contributed by atoms with Gasteiger partial charge in [-0.05, 0) is 43.3 Å². The fourth-order valence-corrected chi connectivity index (χ4v) is 4.57. The first-order valence-electron chi connectivity index (χ1n) is 11.3. The van der Waals surface area contributed by atoms with E-state index in [2.05, 4.69) is 21.0 Å². The van der Waals surface area contributed by atoms with Gasteiger partial charge in [-0.15, -0.1) is 0 Å². The van der Waals surface area contributed by atoms with E-state index < -0.39 is 0 Å². The summed E-state index contributed by atoms with van der Waals surface area (Å²) in [4.78, 5) is 22.4. The van der Waals surface area contributed by atoms with Gasteiger partial charge in [-0.2, -0.15) is 5.10 Å². The minimum absolute atomic E-state index is 0.122. The van der Waals surface area contributed by atoms with E-state index in [1.165, 1.54) is 0 Å².